The van der Waals surface area contributed by atoms with E-state index in [0.29, 0.717) is 11.8 Å². The molecule has 0 radical (unpaired) electrons. The summed E-state index contributed by atoms with van der Waals surface area (Å²) in [6, 6.07) is 7.37. The lowest BCUT2D eigenvalue weighted by Crippen LogP contribution is -2.30. The summed E-state index contributed by atoms with van der Waals surface area (Å²) in [6.07, 6.45) is 15.9. The first-order valence-corrected chi connectivity index (χ1v) is 11.0. The second-order valence-corrected chi connectivity index (χ2v) is 7.58. The Bertz CT molecular complexity index is 851. The van der Waals surface area contributed by atoms with E-state index in [2.05, 4.69) is 28.3 Å². The number of unbranched alkanes of at least 4 members (excludes halogenated alkanes) is 10. The minimum absolute atomic E-state index is 0.144. The van der Waals surface area contributed by atoms with E-state index in [1.54, 1.807) is 12.1 Å². The van der Waals surface area contributed by atoms with Crippen LogP contribution in [0.15, 0.2) is 39.9 Å². The normalized spacial score (nSPS) is 12.4. The molecule has 0 saturated heterocycles. The van der Waals surface area contributed by atoms with Crippen molar-refractivity contribution in [2.45, 2.75) is 84.0 Å². The number of carbonyl (C=O) groups excluding carboxylic acids is 2. The summed E-state index contributed by atoms with van der Waals surface area (Å²) < 4.78 is 0. The topological polar surface area (TPSA) is 70.9 Å². The Labute approximate surface area is 173 Å². The lowest BCUT2D eigenvalue weighted by molar-refractivity contribution is -0.121. The van der Waals surface area contributed by atoms with Crippen LogP contribution in [-0.2, 0) is 9.59 Å². The second kappa shape index (κ2) is 13.6. The Morgan fingerprint density at radius 3 is 2.28 bits per heavy atom. The van der Waals surface area contributed by atoms with Gasteiger partial charge in [0.15, 0.2) is 0 Å². The molecular formula is C24H33N3O2. The van der Waals surface area contributed by atoms with Gasteiger partial charge in [-0.15, -0.1) is 5.10 Å². The summed E-state index contributed by atoms with van der Waals surface area (Å²) in [7, 11) is 0. The molecule has 0 saturated carbocycles. The number of nitrogens with zero attached hydrogens (tertiary/aromatic N) is 2. The highest BCUT2D eigenvalue weighted by molar-refractivity contribution is 6.10. The van der Waals surface area contributed by atoms with Crippen molar-refractivity contribution < 1.29 is 9.59 Å². The highest BCUT2D eigenvalue weighted by Gasteiger charge is 2.09. The van der Waals surface area contributed by atoms with Gasteiger partial charge in [0, 0.05) is 17.5 Å². The number of carbonyl (C=O) groups is 2. The van der Waals surface area contributed by atoms with Crippen LogP contribution in [0.5, 0.6) is 0 Å². The largest absolute Gasteiger partial charge is 0.287 e. The zero-order chi connectivity index (χ0) is 20.7. The van der Waals surface area contributed by atoms with Crippen LogP contribution in [0.1, 0.15) is 84.0 Å². The van der Waals surface area contributed by atoms with Crippen molar-refractivity contribution in [3.63, 3.8) is 0 Å². The molecule has 5 heteroatoms. The second-order valence-electron chi connectivity index (χ2n) is 7.58. The minimum atomic E-state index is -0.396. The maximum absolute atomic E-state index is 11.9. The van der Waals surface area contributed by atoms with E-state index in [4.69, 9.17) is 0 Å². The summed E-state index contributed by atoms with van der Waals surface area (Å²) >= 11 is 0. The van der Waals surface area contributed by atoms with Gasteiger partial charge < -0.3 is 0 Å². The third-order valence-corrected chi connectivity index (χ3v) is 5.05. The molecule has 0 spiro atoms. The average Bonchev–Trinajstić information content (AvgIpc) is 2.72. The zero-order valence-electron chi connectivity index (χ0n) is 17.6. The van der Waals surface area contributed by atoms with E-state index < -0.39 is 5.91 Å². The molecular weight excluding hydrogens is 362 g/mol. The lowest BCUT2D eigenvalue weighted by Gasteiger charge is -2.02. The van der Waals surface area contributed by atoms with Crippen LogP contribution in [0, 0.1) is 0 Å². The van der Waals surface area contributed by atoms with Gasteiger partial charge in [-0.3, -0.25) is 9.59 Å². The predicted molar refractivity (Wildman–Crippen MR) is 117 cm³/mol. The van der Waals surface area contributed by atoms with E-state index in [-0.39, 0.29) is 11.5 Å². The predicted octanol–water partition coefficient (Wildman–Crippen LogP) is 3.96. The van der Waals surface area contributed by atoms with Gasteiger partial charge in [-0.2, -0.15) is 0 Å². The van der Waals surface area contributed by atoms with E-state index in [0.717, 1.165) is 18.1 Å². The van der Waals surface area contributed by atoms with E-state index in [9.17, 15) is 9.59 Å². The molecule has 0 fully saturated rings. The summed E-state index contributed by atoms with van der Waals surface area (Å²) in [6.45, 7) is 2.25. The van der Waals surface area contributed by atoms with Crippen molar-refractivity contribution in [2.24, 2.45) is 10.1 Å². The Kier molecular flexibility index (Phi) is 10.7. The van der Waals surface area contributed by atoms with Crippen LogP contribution >= 0.6 is 0 Å². The molecule has 1 aromatic carbocycles. The van der Waals surface area contributed by atoms with Crippen molar-refractivity contribution >= 4 is 23.8 Å². The Balaban J connectivity index is 1.59. The number of nitrogens with one attached hydrogen (secondary N) is 1. The summed E-state index contributed by atoms with van der Waals surface area (Å²) in [4.78, 5) is 27.8. The number of para-hydroxylation sites is 1. The molecule has 0 atom stereocenters. The summed E-state index contributed by atoms with van der Waals surface area (Å²) in [5.41, 5.74) is 2.70. The highest BCUT2D eigenvalue weighted by atomic mass is 16.2. The van der Waals surface area contributed by atoms with Crippen LogP contribution in [0.4, 0.5) is 0 Å². The minimum Gasteiger partial charge on any atom is -0.273 e. The van der Waals surface area contributed by atoms with Gasteiger partial charge in [-0.05, 0) is 18.6 Å². The fourth-order valence-electron chi connectivity index (χ4n) is 3.33. The van der Waals surface area contributed by atoms with Gasteiger partial charge in [-0.1, -0.05) is 89.3 Å². The molecule has 2 amide bonds. The molecule has 1 heterocycles. The third-order valence-electron chi connectivity index (χ3n) is 5.05. The molecule has 2 rings (SSSR count). The van der Waals surface area contributed by atoms with E-state index in [1.165, 1.54) is 57.8 Å². The maximum atomic E-state index is 11.9. The number of benzene rings is 1. The van der Waals surface area contributed by atoms with Crippen molar-refractivity contribution in [2.75, 3.05) is 0 Å². The Morgan fingerprint density at radius 2 is 1.59 bits per heavy atom. The third kappa shape index (κ3) is 9.01. The van der Waals surface area contributed by atoms with Gasteiger partial charge in [0.25, 0.3) is 5.91 Å². The van der Waals surface area contributed by atoms with E-state index >= 15 is 0 Å². The van der Waals surface area contributed by atoms with Gasteiger partial charge in [0.1, 0.15) is 5.57 Å². The first-order valence-electron chi connectivity index (χ1n) is 11.0. The molecule has 1 N–H and O–H groups in total. The van der Waals surface area contributed by atoms with Gasteiger partial charge in [0.05, 0.1) is 5.36 Å². The Hall–Kier alpha value is -2.52. The fraction of sp³-hybridized carbons (Fsp3) is 0.542. The average molecular weight is 396 g/mol. The fourth-order valence-corrected chi connectivity index (χ4v) is 3.33. The molecule has 29 heavy (non-hydrogen) atoms. The van der Waals surface area contributed by atoms with Crippen LogP contribution in [0.2, 0.25) is 0 Å². The van der Waals surface area contributed by atoms with Gasteiger partial charge in [-0.25, -0.2) is 10.4 Å². The molecule has 1 aliphatic rings. The number of fused-ring (bicyclic) bond motifs is 1. The smallest absolute Gasteiger partial charge is 0.273 e. The van der Waals surface area contributed by atoms with Gasteiger partial charge >= 0.3 is 0 Å². The van der Waals surface area contributed by atoms with Crippen LogP contribution in [0.25, 0.3) is 6.08 Å². The quantitative estimate of drug-likeness (QED) is 0.238. The number of hydrogen-bond donors (Lipinski definition) is 1. The van der Waals surface area contributed by atoms with Crippen LogP contribution < -0.4 is 16.0 Å². The summed E-state index contributed by atoms with van der Waals surface area (Å²) in [5, 5.41) is 5.28. The van der Waals surface area contributed by atoms with Gasteiger partial charge in [0.2, 0.25) is 5.91 Å². The first-order chi connectivity index (χ1) is 14.2. The highest BCUT2D eigenvalue weighted by Crippen LogP contribution is 2.11. The monoisotopic (exact) mass is 395 g/mol. The van der Waals surface area contributed by atoms with Crippen molar-refractivity contribution in [1.82, 2.24) is 5.43 Å². The van der Waals surface area contributed by atoms with Crippen molar-refractivity contribution in [3.8, 4) is 0 Å². The number of amides is 2. The molecule has 0 unspecified atom stereocenters. The molecule has 5 nitrogen and oxygen atoms in total. The van der Waals surface area contributed by atoms with Crippen LogP contribution in [-0.4, -0.2) is 17.7 Å². The molecule has 1 aromatic rings. The van der Waals surface area contributed by atoms with E-state index in [1.807, 2.05) is 18.2 Å². The SMILES string of the molecule is CCCCCCCCCCCCCC(=O)NN=C=C1C=c2ccccc2=NC1=O. The lowest BCUT2D eigenvalue weighted by atomic mass is 10.1. The molecule has 0 aromatic heterocycles. The zero-order valence-corrected chi connectivity index (χ0v) is 17.6. The molecule has 0 aliphatic carbocycles. The molecule has 1 aliphatic heterocycles. The van der Waals surface area contributed by atoms with Crippen LogP contribution in [0.3, 0.4) is 0 Å². The van der Waals surface area contributed by atoms with Crippen molar-refractivity contribution in [1.29, 1.82) is 0 Å². The van der Waals surface area contributed by atoms with Crippen molar-refractivity contribution in [3.05, 3.63) is 40.4 Å². The number of rotatable bonds is 13. The molecule has 156 valence electrons. The standard InChI is InChI=1S/C24H33N3O2/c1-2-3-4-5-6-7-8-9-10-11-12-17-23(28)27-25-19-21-18-20-15-13-14-16-22(20)26-24(21)29/h13-16,18H,2-12,17H2,1H3,(H,27,28). The number of hydrazone groups is 1. The Morgan fingerprint density at radius 1 is 0.966 bits per heavy atom. The summed E-state index contributed by atoms with van der Waals surface area (Å²) in [5.74, 6) is 2.06. The number of hydrogen-bond acceptors (Lipinski definition) is 3. The first kappa shape index (κ1) is 22.8. The maximum Gasteiger partial charge on any atom is 0.287 e. The molecule has 0 bridgehead atoms.